The molecule has 7 nitrogen and oxygen atoms in total. The molecule has 27 heavy (non-hydrogen) atoms. The Bertz CT molecular complexity index is 996. The Labute approximate surface area is 161 Å². The van der Waals surface area contributed by atoms with Crippen molar-refractivity contribution in [1.82, 2.24) is 9.71 Å². The second-order valence-corrected chi connectivity index (χ2v) is 8.57. The van der Waals surface area contributed by atoms with E-state index in [1.54, 1.807) is 18.4 Å². The maximum absolute atomic E-state index is 12.0. The fourth-order valence-electron chi connectivity index (χ4n) is 2.26. The molecule has 0 atom stereocenters. The van der Waals surface area contributed by atoms with Gasteiger partial charge >= 0.3 is 5.97 Å². The third-order valence-corrected chi connectivity index (χ3v) is 6.52. The molecule has 3 rings (SSSR count). The number of oxazole rings is 1. The maximum Gasteiger partial charge on any atom is 0.307 e. The van der Waals surface area contributed by atoms with Crippen molar-refractivity contribution in [3.8, 4) is 11.5 Å². The van der Waals surface area contributed by atoms with E-state index in [4.69, 9.17) is 9.15 Å². The lowest BCUT2D eigenvalue weighted by molar-refractivity contribution is -0.144. The molecule has 3 aromatic rings. The molecule has 0 spiro atoms. The van der Waals surface area contributed by atoms with Gasteiger partial charge in [-0.15, -0.1) is 11.3 Å². The Morgan fingerprint density at radius 1 is 1.22 bits per heavy atom. The van der Waals surface area contributed by atoms with Gasteiger partial charge in [-0.05, 0) is 30.5 Å². The quantitative estimate of drug-likeness (QED) is 0.577. The summed E-state index contributed by atoms with van der Waals surface area (Å²) in [5.74, 6) is 0.510. The first-order chi connectivity index (χ1) is 13.0. The Hall–Kier alpha value is -2.49. The number of sulfonamides is 1. The number of hydrogen-bond donors (Lipinski definition) is 1. The van der Waals surface area contributed by atoms with Gasteiger partial charge in [0.15, 0.2) is 0 Å². The molecule has 0 saturated carbocycles. The normalized spacial score (nSPS) is 11.4. The van der Waals surface area contributed by atoms with E-state index in [-0.39, 0.29) is 23.8 Å². The highest BCUT2D eigenvalue weighted by Gasteiger charge is 2.16. The van der Waals surface area contributed by atoms with Gasteiger partial charge in [0.1, 0.15) is 22.3 Å². The maximum atomic E-state index is 12.0. The highest BCUT2D eigenvalue weighted by atomic mass is 32.2. The monoisotopic (exact) mass is 406 g/mol. The Morgan fingerprint density at radius 2 is 2.00 bits per heavy atom. The van der Waals surface area contributed by atoms with E-state index < -0.39 is 16.0 Å². The zero-order valence-electron chi connectivity index (χ0n) is 14.5. The van der Waals surface area contributed by atoms with Crippen molar-refractivity contribution >= 4 is 27.3 Å². The van der Waals surface area contributed by atoms with Crippen LogP contribution in [0.25, 0.3) is 11.5 Å². The van der Waals surface area contributed by atoms with Gasteiger partial charge in [-0.3, -0.25) is 4.79 Å². The van der Waals surface area contributed by atoms with Crippen LogP contribution in [0.5, 0.6) is 0 Å². The number of aryl methyl sites for hydroxylation is 1. The summed E-state index contributed by atoms with van der Waals surface area (Å²) >= 11 is 1.11. The fraction of sp³-hybridized carbons (Fsp3) is 0.222. The van der Waals surface area contributed by atoms with E-state index in [0.717, 1.165) is 16.9 Å². The van der Waals surface area contributed by atoms with E-state index in [2.05, 4.69) is 9.71 Å². The molecule has 2 aromatic heterocycles. The summed E-state index contributed by atoms with van der Waals surface area (Å²) in [5, 5.41) is 1.67. The molecule has 1 N–H and O–H groups in total. The number of thiophene rings is 1. The van der Waals surface area contributed by atoms with Crippen LogP contribution in [-0.4, -0.2) is 25.9 Å². The fourth-order valence-corrected chi connectivity index (χ4v) is 4.33. The number of carbonyl (C=O) groups excluding carboxylic acids is 1. The summed E-state index contributed by atoms with van der Waals surface area (Å²) in [6, 6.07) is 12.6. The van der Waals surface area contributed by atoms with E-state index >= 15 is 0 Å². The number of ether oxygens (including phenoxy) is 1. The summed E-state index contributed by atoms with van der Waals surface area (Å²) in [5.41, 5.74) is 1.36. The molecule has 0 saturated heterocycles. The van der Waals surface area contributed by atoms with Crippen LogP contribution < -0.4 is 4.72 Å². The molecule has 142 valence electrons. The van der Waals surface area contributed by atoms with Crippen molar-refractivity contribution < 1.29 is 22.4 Å². The summed E-state index contributed by atoms with van der Waals surface area (Å²) in [6.45, 7) is 1.68. The summed E-state index contributed by atoms with van der Waals surface area (Å²) in [4.78, 5) is 16.2. The minimum atomic E-state index is -3.58. The van der Waals surface area contributed by atoms with Crippen molar-refractivity contribution in [2.24, 2.45) is 0 Å². The highest BCUT2D eigenvalue weighted by Crippen LogP contribution is 2.21. The Kier molecular flexibility index (Phi) is 6.04. The SMILES string of the molecule is Cc1oc(-c2ccccc2)nc1COC(=O)CCNS(=O)(=O)c1cccs1. The highest BCUT2D eigenvalue weighted by molar-refractivity contribution is 7.91. The van der Waals surface area contributed by atoms with Gasteiger partial charge in [0.2, 0.25) is 15.9 Å². The third-order valence-electron chi connectivity index (χ3n) is 3.66. The summed E-state index contributed by atoms with van der Waals surface area (Å²) in [6.07, 6.45) is -0.0763. The van der Waals surface area contributed by atoms with E-state index in [0.29, 0.717) is 17.3 Å². The van der Waals surface area contributed by atoms with Crippen molar-refractivity contribution in [2.75, 3.05) is 6.54 Å². The number of nitrogens with one attached hydrogen (secondary N) is 1. The van der Waals surface area contributed by atoms with E-state index in [1.807, 2.05) is 30.3 Å². The zero-order chi connectivity index (χ0) is 19.3. The van der Waals surface area contributed by atoms with Crippen LogP contribution in [0.15, 0.2) is 56.5 Å². The van der Waals surface area contributed by atoms with Gasteiger partial charge < -0.3 is 9.15 Å². The molecule has 0 radical (unpaired) electrons. The van der Waals surface area contributed by atoms with Gasteiger partial charge in [-0.1, -0.05) is 24.3 Å². The molecule has 0 amide bonds. The largest absolute Gasteiger partial charge is 0.459 e. The number of benzene rings is 1. The average molecular weight is 406 g/mol. The van der Waals surface area contributed by atoms with Crippen molar-refractivity contribution in [1.29, 1.82) is 0 Å². The Balaban J connectivity index is 1.49. The van der Waals surface area contributed by atoms with Crippen LogP contribution in [0, 0.1) is 6.92 Å². The summed E-state index contributed by atoms with van der Waals surface area (Å²) in [7, 11) is -3.58. The predicted molar refractivity (Wildman–Crippen MR) is 101 cm³/mol. The number of aromatic nitrogens is 1. The number of hydrogen-bond acceptors (Lipinski definition) is 7. The predicted octanol–water partition coefficient (Wildman–Crippen LogP) is 3.12. The van der Waals surface area contributed by atoms with Crippen LogP contribution in [0.3, 0.4) is 0 Å². The molecule has 0 aliphatic heterocycles. The lowest BCUT2D eigenvalue weighted by Crippen LogP contribution is -2.26. The van der Waals surface area contributed by atoms with Crippen molar-refractivity contribution in [2.45, 2.75) is 24.2 Å². The van der Waals surface area contributed by atoms with Crippen molar-refractivity contribution in [3.63, 3.8) is 0 Å². The van der Waals surface area contributed by atoms with Crippen LogP contribution >= 0.6 is 11.3 Å². The first-order valence-corrected chi connectivity index (χ1v) is 10.5. The first-order valence-electron chi connectivity index (χ1n) is 8.16. The van der Waals surface area contributed by atoms with Crippen LogP contribution in [0.2, 0.25) is 0 Å². The second-order valence-electron chi connectivity index (χ2n) is 5.63. The smallest absolute Gasteiger partial charge is 0.307 e. The second kappa shape index (κ2) is 8.47. The topological polar surface area (TPSA) is 98.5 Å². The molecule has 0 unspecified atom stereocenters. The van der Waals surface area contributed by atoms with Gasteiger partial charge in [0.25, 0.3) is 0 Å². The van der Waals surface area contributed by atoms with Crippen LogP contribution in [0.4, 0.5) is 0 Å². The lowest BCUT2D eigenvalue weighted by Gasteiger charge is -2.05. The molecule has 9 heteroatoms. The van der Waals surface area contributed by atoms with Crippen LogP contribution in [0.1, 0.15) is 17.9 Å². The first kappa shape index (κ1) is 19.3. The number of rotatable bonds is 8. The molecule has 1 aromatic carbocycles. The minimum absolute atomic E-state index is 0.0291. The number of nitrogens with zero attached hydrogens (tertiary/aromatic N) is 1. The zero-order valence-corrected chi connectivity index (χ0v) is 16.2. The molecule has 0 aliphatic carbocycles. The Morgan fingerprint density at radius 3 is 2.70 bits per heavy atom. The van der Waals surface area contributed by atoms with E-state index in [1.165, 1.54) is 6.07 Å². The van der Waals surface area contributed by atoms with E-state index in [9.17, 15) is 13.2 Å². The number of esters is 1. The third kappa shape index (κ3) is 5.03. The molecule has 2 heterocycles. The average Bonchev–Trinajstić information content (AvgIpc) is 3.31. The lowest BCUT2D eigenvalue weighted by atomic mass is 10.2. The standard InChI is InChI=1S/C18H18N2O5S2/c1-13-15(20-18(25-13)14-6-3-2-4-7-14)12-24-16(21)9-10-19-27(22,23)17-8-5-11-26-17/h2-8,11,19H,9-10,12H2,1H3. The summed E-state index contributed by atoms with van der Waals surface area (Å²) < 4.78 is 37.3. The molecular weight excluding hydrogens is 388 g/mol. The molecule has 0 aliphatic rings. The van der Waals surface area contributed by atoms with Crippen LogP contribution in [-0.2, 0) is 26.2 Å². The van der Waals surface area contributed by atoms with Gasteiger partial charge in [-0.25, -0.2) is 18.1 Å². The molecular formula is C18H18N2O5S2. The van der Waals surface area contributed by atoms with Gasteiger partial charge in [0, 0.05) is 12.1 Å². The molecule has 0 bridgehead atoms. The molecule has 0 fully saturated rings. The van der Waals surface area contributed by atoms with Crippen molar-refractivity contribution in [3.05, 3.63) is 59.3 Å². The van der Waals surface area contributed by atoms with Gasteiger partial charge in [-0.2, -0.15) is 0 Å². The number of carbonyl (C=O) groups is 1. The van der Waals surface area contributed by atoms with Gasteiger partial charge in [0.05, 0.1) is 6.42 Å². The minimum Gasteiger partial charge on any atom is -0.459 e.